The van der Waals surface area contributed by atoms with Crippen LogP contribution in [0.3, 0.4) is 0 Å². The zero-order valence-corrected chi connectivity index (χ0v) is 9.55. The summed E-state index contributed by atoms with van der Waals surface area (Å²) < 4.78 is 43.1. The highest BCUT2D eigenvalue weighted by Crippen LogP contribution is 2.43. The zero-order valence-electron chi connectivity index (χ0n) is 8.80. The standard InChI is InChI=1S/C11H11ClF3NO/c12-8-5-7(16)3-4-9(8)17-10(6-1-2-6)11(13,14)15/h3-6,10H,1-2,16H2. The molecule has 6 heteroatoms. The first-order valence-corrected chi connectivity index (χ1v) is 5.54. The lowest BCUT2D eigenvalue weighted by Crippen LogP contribution is -2.36. The van der Waals surface area contributed by atoms with Gasteiger partial charge in [0.1, 0.15) is 5.75 Å². The summed E-state index contributed by atoms with van der Waals surface area (Å²) in [6.07, 6.45) is -5.07. The third-order valence-corrected chi connectivity index (χ3v) is 2.88. The number of ether oxygens (including phenoxy) is 1. The molecule has 1 aliphatic rings. The highest BCUT2D eigenvalue weighted by atomic mass is 35.5. The van der Waals surface area contributed by atoms with Gasteiger partial charge in [0.15, 0.2) is 6.10 Å². The van der Waals surface area contributed by atoms with Crippen LogP contribution < -0.4 is 10.5 Å². The van der Waals surface area contributed by atoms with Gasteiger partial charge in [-0.15, -0.1) is 0 Å². The van der Waals surface area contributed by atoms with Crippen molar-refractivity contribution in [1.29, 1.82) is 0 Å². The molecule has 0 aliphatic heterocycles. The van der Waals surface area contributed by atoms with Gasteiger partial charge < -0.3 is 10.5 Å². The smallest absolute Gasteiger partial charge is 0.425 e. The molecule has 2 nitrogen and oxygen atoms in total. The molecule has 0 saturated heterocycles. The fraction of sp³-hybridized carbons (Fsp3) is 0.455. The van der Waals surface area contributed by atoms with Crippen molar-refractivity contribution in [3.05, 3.63) is 23.2 Å². The number of anilines is 1. The van der Waals surface area contributed by atoms with Crippen molar-refractivity contribution in [3.63, 3.8) is 0 Å². The molecule has 17 heavy (non-hydrogen) atoms. The van der Waals surface area contributed by atoms with Crippen molar-refractivity contribution >= 4 is 17.3 Å². The Bertz CT molecular complexity index is 418. The van der Waals surface area contributed by atoms with Crippen LogP contribution >= 0.6 is 11.6 Å². The second kappa shape index (κ2) is 4.29. The molecule has 0 spiro atoms. The fourth-order valence-electron chi connectivity index (χ4n) is 1.58. The highest BCUT2D eigenvalue weighted by Gasteiger charge is 2.51. The van der Waals surface area contributed by atoms with Gasteiger partial charge in [0.2, 0.25) is 0 Å². The summed E-state index contributed by atoms with van der Waals surface area (Å²) in [5.74, 6) is -0.432. The summed E-state index contributed by atoms with van der Waals surface area (Å²) in [7, 11) is 0. The molecule has 0 bridgehead atoms. The maximum atomic E-state index is 12.7. The van der Waals surface area contributed by atoms with E-state index in [0.29, 0.717) is 18.5 Å². The van der Waals surface area contributed by atoms with E-state index in [1.165, 1.54) is 18.2 Å². The number of nitrogens with two attached hydrogens (primary N) is 1. The summed E-state index contributed by atoms with van der Waals surface area (Å²) in [4.78, 5) is 0. The van der Waals surface area contributed by atoms with Crippen LogP contribution in [0.4, 0.5) is 18.9 Å². The van der Waals surface area contributed by atoms with E-state index >= 15 is 0 Å². The number of hydrogen-bond donors (Lipinski definition) is 1. The van der Waals surface area contributed by atoms with Gasteiger partial charge in [-0.2, -0.15) is 13.2 Å². The number of rotatable bonds is 3. The first kappa shape index (κ1) is 12.4. The van der Waals surface area contributed by atoms with Gasteiger partial charge in [-0.3, -0.25) is 0 Å². The molecule has 1 unspecified atom stereocenters. The predicted octanol–water partition coefficient (Wildman–Crippen LogP) is 3.64. The van der Waals surface area contributed by atoms with E-state index in [-0.39, 0.29) is 10.8 Å². The normalized spacial score (nSPS) is 17.9. The van der Waals surface area contributed by atoms with Gasteiger partial charge >= 0.3 is 6.18 Å². The quantitative estimate of drug-likeness (QED) is 0.847. The molecule has 1 atom stereocenters. The highest BCUT2D eigenvalue weighted by molar-refractivity contribution is 6.32. The van der Waals surface area contributed by atoms with E-state index in [1.807, 2.05) is 0 Å². The third-order valence-electron chi connectivity index (χ3n) is 2.58. The molecule has 2 rings (SSSR count). The molecule has 1 aliphatic carbocycles. The van der Waals surface area contributed by atoms with E-state index in [0.717, 1.165) is 0 Å². The Hall–Kier alpha value is -1.10. The summed E-state index contributed by atoms with van der Waals surface area (Å²) in [5.41, 5.74) is 5.84. The lowest BCUT2D eigenvalue weighted by Gasteiger charge is -2.22. The molecule has 1 fully saturated rings. The Morgan fingerprint density at radius 3 is 2.47 bits per heavy atom. The average molecular weight is 266 g/mol. The van der Waals surface area contributed by atoms with E-state index < -0.39 is 18.2 Å². The molecular weight excluding hydrogens is 255 g/mol. The second-order valence-corrected chi connectivity index (χ2v) is 4.51. The fourth-order valence-corrected chi connectivity index (χ4v) is 1.81. The van der Waals surface area contributed by atoms with Crippen molar-refractivity contribution in [2.45, 2.75) is 25.1 Å². The lowest BCUT2D eigenvalue weighted by atomic mass is 10.2. The Labute approximate surface area is 102 Å². The minimum atomic E-state index is -4.37. The molecule has 0 heterocycles. The number of alkyl halides is 3. The first-order valence-electron chi connectivity index (χ1n) is 5.16. The Morgan fingerprint density at radius 2 is 2.00 bits per heavy atom. The van der Waals surface area contributed by atoms with Crippen LogP contribution in [0.1, 0.15) is 12.8 Å². The molecule has 94 valence electrons. The van der Waals surface area contributed by atoms with E-state index in [4.69, 9.17) is 22.1 Å². The van der Waals surface area contributed by atoms with Crippen LogP contribution in [-0.4, -0.2) is 12.3 Å². The van der Waals surface area contributed by atoms with Crippen molar-refractivity contribution in [2.24, 2.45) is 5.92 Å². The number of hydrogen-bond acceptors (Lipinski definition) is 2. The van der Waals surface area contributed by atoms with Crippen LogP contribution in [0.5, 0.6) is 5.75 Å². The van der Waals surface area contributed by atoms with E-state index in [9.17, 15) is 13.2 Å². The van der Waals surface area contributed by atoms with Crippen LogP contribution in [0.2, 0.25) is 5.02 Å². The molecule has 0 amide bonds. The predicted molar refractivity (Wildman–Crippen MR) is 59.1 cm³/mol. The minimum absolute atomic E-state index is 0.0232. The average Bonchev–Trinajstić information content (AvgIpc) is 2.98. The molecular formula is C11H11ClF3NO. The Kier molecular flexibility index (Phi) is 3.12. The van der Waals surface area contributed by atoms with Gasteiger partial charge in [-0.1, -0.05) is 11.6 Å². The van der Waals surface area contributed by atoms with Crippen LogP contribution in [-0.2, 0) is 0 Å². The van der Waals surface area contributed by atoms with Crippen molar-refractivity contribution < 1.29 is 17.9 Å². The monoisotopic (exact) mass is 265 g/mol. The van der Waals surface area contributed by atoms with Crippen molar-refractivity contribution in [1.82, 2.24) is 0 Å². The van der Waals surface area contributed by atoms with Gasteiger partial charge in [0.05, 0.1) is 5.02 Å². The topological polar surface area (TPSA) is 35.2 Å². The SMILES string of the molecule is Nc1ccc(OC(C2CC2)C(F)(F)F)c(Cl)c1. The molecule has 0 aromatic heterocycles. The van der Waals surface area contributed by atoms with Gasteiger partial charge in [0.25, 0.3) is 0 Å². The summed E-state index contributed by atoms with van der Waals surface area (Å²) in [5, 5.41) is 0.0971. The van der Waals surface area contributed by atoms with E-state index in [2.05, 4.69) is 0 Å². The maximum absolute atomic E-state index is 12.7. The van der Waals surface area contributed by atoms with Gasteiger partial charge in [0, 0.05) is 11.6 Å². The number of benzene rings is 1. The Balaban J connectivity index is 2.17. The molecule has 1 aromatic rings. The van der Waals surface area contributed by atoms with Crippen LogP contribution in [0, 0.1) is 5.92 Å². The van der Waals surface area contributed by atoms with E-state index in [1.54, 1.807) is 0 Å². The molecule has 1 saturated carbocycles. The maximum Gasteiger partial charge on any atom is 0.425 e. The third kappa shape index (κ3) is 2.97. The van der Waals surface area contributed by atoms with Crippen molar-refractivity contribution in [2.75, 3.05) is 5.73 Å². The molecule has 1 aromatic carbocycles. The number of nitrogen functional groups attached to an aromatic ring is 1. The Morgan fingerprint density at radius 1 is 1.35 bits per heavy atom. The van der Waals surface area contributed by atoms with Crippen molar-refractivity contribution in [3.8, 4) is 5.75 Å². The number of halogens is 4. The van der Waals surface area contributed by atoms with Gasteiger partial charge in [-0.25, -0.2) is 0 Å². The van der Waals surface area contributed by atoms with Crippen LogP contribution in [0.25, 0.3) is 0 Å². The summed E-state index contributed by atoms with van der Waals surface area (Å²) in [6.45, 7) is 0. The largest absolute Gasteiger partial charge is 0.479 e. The summed E-state index contributed by atoms with van der Waals surface area (Å²) in [6, 6.07) is 4.19. The molecule has 0 radical (unpaired) electrons. The van der Waals surface area contributed by atoms with Gasteiger partial charge in [-0.05, 0) is 31.0 Å². The molecule has 2 N–H and O–H groups in total. The van der Waals surface area contributed by atoms with Crippen LogP contribution in [0.15, 0.2) is 18.2 Å². The lowest BCUT2D eigenvalue weighted by molar-refractivity contribution is -0.201. The second-order valence-electron chi connectivity index (χ2n) is 4.11. The first-order chi connectivity index (χ1) is 7.88. The minimum Gasteiger partial charge on any atom is -0.479 e. The summed E-state index contributed by atoms with van der Waals surface area (Å²) >= 11 is 5.78. The zero-order chi connectivity index (χ0) is 12.6.